The van der Waals surface area contributed by atoms with Gasteiger partial charge in [0.25, 0.3) is 0 Å². The number of methoxy groups -OCH3 is 2. The number of carbonyl (C=O) groups is 6. The first-order valence-electron chi connectivity index (χ1n) is 20.4. The average Bonchev–Trinajstić information content (AvgIpc) is 3.18. The summed E-state index contributed by atoms with van der Waals surface area (Å²) in [5.41, 5.74) is 0. The van der Waals surface area contributed by atoms with E-state index in [1.54, 1.807) is 14.2 Å². The maximum absolute atomic E-state index is 12.2. The smallest absolute Gasteiger partial charge is 0.332 e. The molecule has 0 bridgehead atoms. The van der Waals surface area contributed by atoms with E-state index in [2.05, 4.69) is 13.2 Å². The average molecular weight is 809 g/mol. The van der Waals surface area contributed by atoms with Gasteiger partial charge in [0.2, 0.25) is 0 Å². The van der Waals surface area contributed by atoms with Gasteiger partial charge in [0.1, 0.15) is 49.8 Å². The highest BCUT2D eigenvalue weighted by Crippen LogP contribution is 2.31. The topological polar surface area (TPSA) is 185 Å². The van der Waals surface area contributed by atoms with Crippen molar-refractivity contribution in [2.45, 2.75) is 165 Å². The van der Waals surface area contributed by atoms with Crippen LogP contribution in [0.1, 0.15) is 117 Å². The molecule has 2 unspecified atom stereocenters. The summed E-state index contributed by atoms with van der Waals surface area (Å²) in [6.07, 6.45) is 12.3. The molecule has 0 N–H and O–H groups in total. The van der Waals surface area contributed by atoms with Crippen LogP contribution in [0.5, 0.6) is 0 Å². The summed E-state index contributed by atoms with van der Waals surface area (Å²) in [7, 11) is 3.22. The standard InChI is InChI=1S/C23H34O8.C19H30O7/c1-5-16-7-9-18(27-4)20(11-16)31-23(26)14-28-13-22(25)30-19-10-8-17(6-2)12-21(19)29-15(3)24;1-13(20)24-16-9-5-6-10-17(16)26-19(22)12-11-18(21)25-15-8-4-3-7-14(15)23-2/h5-6,16-21H,1-2,7-14H2,3-4H3;14-17H,3-12H2,1-2H3/t16?,17?,18-,19-,20-,21-;14-,15-,16-,17-/m00/s1. The second-order valence-electron chi connectivity index (χ2n) is 15.1. The molecule has 4 fully saturated rings. The fourth-order valence-corrected chi connectivity index (χ4v) is 7.85. The van der Waals surface area contributed by atoms with E-state index >= 15 is 0 Å². The minimum atomic E-state index is -0.619. The predicted molar refractivity (Wildman–Crippen MR) is 204 cm³/mol. The molecule has 0 amide bonds. The molecule has 15 heteroatoms. The number of ether oxygens (including phenoxy) is 9. The lowest BCUT2D eigenvalue weighted by atomic mass is 9.85. The molecule has 0 aliphatic heterocycles. The first kappa shape index (κ1) is 47.6. The van der Waals surface area contributed by atoms with E-state index in [-0.39, 0.29) is 67.8 Å². The number of allylic oxidation sites excluding steroid dienone is 2. The molecule has 10 atom stereocenters. The Balaban J connectivity index is 0.000000310. The molecule has 0 radical (unpaired) electrons. The molecule has 0 aromatic carbocycles. The third kappa shape index (κ3) is 17.3. The highest BCUT2D eigenvalue weighted by Gasteiger charge is 2.36. The number of hydrogen-bond donors (Lipinski definition) is 0. The maximum atomic E-state index is 12.2. The molecule has 0 saturated heterocycles. The molecule has 4 aliphatic carbocycles. The van der Waals surface area contributed by atoms with Gasteiger partial charge in [-0.2, -0.15) is 0 Å². The highest BCUT2D eigenvalue weighted by atomic mass is 16.6. The minimum absolute atomic E-state index is 0.0171. The summed E-state index contributed by atoms with van der Waals surface area (Å²) < 4.78 is 48.3. The number of hydrogen-bond acceptors (Lipinski definition) is 15. The fraction of sp³-hybridized carbons (Fsp3) is 0.762. The number of carbonyl (C=O) groups excluding carboxylic acids is 6. The van der Waals surface area contributed by atoms with Gasteiger partial charge < -0.3 is 42.6 Å². The van der Waals surface area contributed by atoms with Crippen LogP contribution in [0.4, 0.5) is 0 Å². The Bertz CT molecular complexity index is 1330. The quantitative estimate of drug-likeness (QED) is 0.103. The van der Waals surface area contributed by atoms with Crippen LogP contribution in [0.2, 0.25) is 0 Å². The molecular weight excluding hydrogens is 744 g/mol. The molecule has 4 saturated carbocycles. The number of rotatable bonds is 17. The fourth-order valence-electron chi connectivity index (χ4n) is 7.85. The first-order valence-corrected chi connectivity index (χ1v) is 20.4. The summed E-state index contributed by atoms with van der Waals surface area (Å²) in [6.45, 7) is 9.50. The summed E-state index contributed by atoms with van der Waals surface area (Å²) in [5, 5.41) is 0. The molecule has 0 heterocycles. The Kier molecular flexibility index (Phi) is 21.3. The Morgan fingerprint density at radius 2 is 0.789 bits per heavy atom. The summed E-state index contributed by atoms with van der Waals surface area (Å²) in [4.78, 5) is 70.9. The van der Waals surface area contributed by atoms with Gasteiger partial charge in [-0.25, -0.2) is 9.59 Å². The SMILES string of the molecule is C=CC1CC[C@H](OC(=O)COCC(=O)O[C@H]2CC(C=C)CC[C@@H]2OC)[C@@H](OC(C)=O)C1.CO[C@H]1CCCC[C@@H]1OC(=O)CCC(=O)O[C@H]1CCCC[C@@H]1OC(C)=O. The van der Waals surface area contributed by atoms with Crippen LogP contribution >= 0.6 is 0 Å². The van der Waals surface area contributed by atoms with E-state index in [0.29, 0.717) is 32.1 Å². The van der Waals surface area contributed by atoms with Crippen molar-refractivity contribution in [1.82, 2.24) is 0 Å². The molecular formula is C42H64O15. The lowest BCUT2D eigenvalue weighted by molar-refractivity contribution is -0.177. The van der Waals surface area contributed by atoms with Gasteiger partial charge in [0.05, 0.1) is 25.0 Å². The lowest BCUT2D eigenvalue weighted by Crippen LogP contribution is -2.40. The van der Waals surface area contributed by atoms with Gasteiger partial charge in [-0.15, -0.1) is 13.2 Å². The molecule has 15 nitrogen and oxygen atoms in total. The minimum Gasteiger partial charge on any atom is -0.460 e. The summed E-state index contributed by atoms with van der Waals surface area (Å²) in [5.74, 6) is -2.36. The van der Waals surface area contributed by atoms with Gasteiger partial charge in [-0.1, -0.05) is 18.6 Å². The van der Waals surface area contributed by atoms with Crippen LogP contribution in [0.15, 0.2) is 25.3 Å². The molecule has 57 heavy (non-hydrogen) atoms. The van der Waals surface area contributed by atoms with E-state index in [0.717, 1.165) is 57.8 Å². The van der Waals surface area contributed by atoms with Crippen LogP contribution in [-0.4, -0.2) is 112 Å². The Labute approximate surface area is 336 Å². The molecule has 322 valence electrons. The van der Waals surface area contributed by atoms with Crippen molar-refractivity contribution >= 4 is 35.8 Å². The van der Waals surface area contributed by atoms with Crippen molar-refractivity contribution in [3.8, 4) is 0 Å². The zero-order valence-corrected chi connectivity index (χ0v) is 34.2. The van der Waals surface area contributed by atoms with Crippen LogP contribution in [-0.2, 0) is 71.4 Å². The van der Waals surface area contributed by atoms with E-state index < -0.39 is 54.8 Å². The third-order valence-corrected chi connectivity index (χ3v) is 10.8. The van der Waals surface area contributed by atoms with Crippen LogP contribution < -0.4 is 0 Å². The second-order valence-corrected chi connectivity index (χ2v) is 15.1. The van der Waals surface area contributed by atoms with Crippen molar-refractivity contribution in [1.29, 1.82) is 0 Å². The Hall–Kier alpha value is -3.82. The monoisotopic (exact) mass is 808 g/mol. The van der Waals surface area contributed by atoms with Crippen molar-refractivity contribution < 1.29 is 71.4 Å². The number of esters is 6. The molecule has 0 aromatic rings. The molecule has 4 aliphatic rings. The first-order chi connectivity index (χ1) is 27.3. The van der Waals surface area contributed by atoms with Gasteiger partial charge in [0.15, 0.2) is 0 Å². The zero-order valence-electron chi connectivity index (χ0n) is 34.2. The predicted octanol–water partition coefficient (Wildman–Crippen LogP) is 5.43. The lowest BCUT2D eigenvalue weighted by Gasteiger charge is -2.34. The van der Waals surface area contributed by atoms with Gasteiger partial charge >= 0.3 is 35.8 Å². The summed E-state index contributed by atoms with van der Waals surface area (Å²) >= 11 is 0. The summed E-state index contributed by atoms with van der Waals surface area (Å²) in [6, 6.07) is 0. The van der Waals surface area contributed by atoms with E-state index in [1.165, 1.54) is 13.8 Å². The largest absolute Gasteiger partial charge is 0.460 e. The van der Waals surface area contributed by atoms with Gasteiger partial charge in [0, 0.05) is 28.1 Å². The second kappa shape index (κ2) is 25.5. The van der Waals surface area contributed by atoms with Crippen molar-refractivity contribution in [2.75, 3.05) is 27.4 Å². The van der Waals surface area contributed by atoms with Crippen LogP contribution in [0.3, 0.4) is 0 Å². The highest BCUT2D eigenvalue weighted by molar-refractivity contribution is 5.78. The van der Waals surface area contributed by atoms with Crippen molar-refractivity contribution in [2.24, 2.45) is 11.8 Å². The normalized spacial score (nSPS) is 29.8. The van der Waals surface area contributed by atoms with Gasteiger partial charge in [-0.3, -0.25) is 19.2 Å². The van der Waals surface area contributed by atoms with E-state index in [4.69, 9.17) is 42.6 Å². The Morgan fingerprint density at radius 3 is 1.25 bits per heavy atom. The Morgan fingerprint density at radius 1 is 0.456 bits per heavy atom. The molecule has 4 rings (SSSR count). The van der Waals surface area contributed by atoms with Crippen LogP contribution in [0, 0.1) is 11.8 Å². The zero-order chi connectivity index (χ0) is 41.7. The third-order valence-electron chi connectivity index (χ3n) is 10.8. The van der Waals surface area contributed by atoms with E-state index in [9.17, 15) is 28.8 Å². The molecule has 0 spiro atoms. The van der Waals surface area contributed by atoms with Crippen molar-refractivity contribution in [3.63, 3.8) is 0 Å². The molecule has 0 aromatic heterocycles. The van der Waals surface area contributed by atoms with Crippen molar-refractivity contribution in [3.05, 3.63) is 25.3 Å². The van der Waals surface area contributed by atoms with Gasteiger partial charge in [-0.05, 0) is 95.3 Å². The van der Waals surface area contributed by atoms with Crippen LogP contribution in [0.25, 0.3) is 0 Å². The van der Waals surface area contributed by atoms with E-state index in [1.807, 2.05) is 12.2 Å². The maximum Gasteiger partial charge on any atom is 0.332 e.